The second-order valence-corrected chi connectivity index (χ2v) is 5.13. The summed E-state index contributed by atoms with van der Waals surface area (Å²) in [6.07, 6.45) is 12.1. The highest BCUT2D eigenvalue weighted by Gasteiger charge is 2.37. The molecule has 0 spiro atoms. The van der Waals surface area contributed by atoms with Crippen LogP contribution in [0.25, 0.3) is 0 Å². The Hall–Kier alpha value is -0.150. The number of hydrogen-bond acceptors (Lipinski definition) is 3. The Morgan fingerprint density at radius 1 is 1.54 bits per heavy atom. The SMILES string of the molecule is CSC1=CC=CC([C]=O)C1(C)SC. The Kier molecular flexibility index (Phi) is 3.68. The zero-order chi connectivity index (χ0) is 9.90. The van der Waals surface area contributed by atoms with Crippen LogP contribution in [0.15, 0.2) is 23.1 Å². The normalized spacial score (nSPS) is 32.8. The number of rotatable bonds is 3. The Labute approximate surface area is 88.0 Å². The van der Waals surface area contributed by atoms with Gasteiger partial charge in [0.15, 0.2) is 0 Å². The molecule has 71 valence electrons. The molecule has 0 heterocycles. The summed E-state index contributed by atoms with van der Waals surface area (Å²) in [7, 11) is 0. The molecule has 0 saturated heterocycles. The Morgan fingerprint density at radius 2 is 2.23 bits per heavy atom. The molecule has 3 heteroatoms. The molecule has 0 aromatic rings. The third-order valence-corrected chi connectivity index (χ3v) is 4.86. The lowest BCUT2D eigenvalue weighted by Gasteiger charge is -2.34. The maximum atomic E-state index is 10.8. The fourth-order valence-electron chi connectivity index (χ4n) is 1.41. The third kappa shape index (κ3) is 1.86. The van der Waals surface area contributed by atoms with Crippen molar-refractivity contribution in [2.24, 2.45) is 5.92 Å². The van der Waals surface area contributed by atoms with Crippen LogP contribution in [0.5, 0.6) is 0 Å². The van der Waals surface area contributed by atoms with Crippen molar-refractivity contribution >= 4 is 29.8 Å². The molecule has 1 radical (unpaired) electrons. The summed E-state index contributed by atoms with van der Waals surface area (Å²) in [5.74, 6) is -0.116. The molecule has 2 atom stereocenters. The summed E-state index contributed by atoms with van der Waals surface area (Å²) in [4.78, 5) is 12.0. The van der Waals surface area contributed by atoms with E-state index >= 15 is 0 Å². The lowest BCUT2D eigenvalue weighted by molar-refractivity contribution is 0.522. The van der Waals surface area contributed by atoms with Crippen molar-refractivity contribution in [3.8, 4) is 0 Å². The Bertz CT molecular complexity index is 258. The van der Waals surface area contributed by atoms with Crippen LogP contribution in [-0.4, -0.2) is 23.5 Å². The first-order valence-electron chi connectivity index (χ1n) is 4.04. The molecule has 1 aliphatic carbocycles. The molecule has 0 bridgehead atoms. The van der Waals surface area contributed by atoms with Gasteiger partial charge in [-0.25, -0.2) is 0 Å². The highest BCUT2D eigenvalue weighted by atomic mass is 32.2. The minimum absolute atomic E-state index is 0.115. The number of hydrogen-bond donors (Lipinski definition) is 0. The summed E-state index contributed by atoms with van der Waals surface area (Å²) >= 11 is 3.42. The van der Waals surface area contributed by atoms with E-state index in [2.05, 4.69) is 19.3 Å². The molecule has 0 saturated carbocycles. The molecule has 0 aromatic carbocycles. The predicted molar refractivity (Wildman–Crippen MR) is 61.8 cm³/mol. The molecule has 0 amide bonds. The molecule has 2 unspecified atom stereocenters. The van der Waals surface area contributed by atoms with E-state index < -0.39 is 0 Å². The van der Waals surface area contributed by atoms with Crippen LogP contribution in [0.2, 0.25) is 0 Å². The number of thioether (sulfide) groups is 2. The molecule has 0 fully saturated rings. The molecule has 1 nitrogen and oxygen atoms in total. The van der Waals surface area contributed by atoms with Gasteiger partial charge in [0.05, 0.1) is 10.7 Å². The maximum absolute atomic E-state index is 10.8. The minimum Gasteiger partial charge on any atom is -0.290 e. The monoisotopic (exact) mass is 213 g/mol. The average molecular weight is 213 g/mol. The zero-order valence-electron chi connectivity index (χ0n) is 8.03. The summed E-state index contributed by atoms with van der Waals surface area (Å²) in [5, 5.41) is 0. The first-order valence-corrected chi connectivity index (χ1v) is 6.49. The summed E-state index contributed by atoms with van der Waals surface area (Å²) in [5.41, 5.74) is 0. The van der Waals surface area contributed by atoms with E-state index in [9.17, 15) is 4.79 Å². The van der Waals surface area contributed by atoms with Gasteiger partial charge in [0.1, 0.15) is 0 Å². The quantitative estimate of drug-likeness (QED) is 0.717. The van der Waals surface area contributed by atoms with Crippen LogP contribution < -0.4 is 0 Å². The molecule has 13 heavy (non-hydrogen) atoms. The molecule has 1 aliphatic rings. The topological polar surface area (TPSA) is 17.1 Å². The van der Waals surface area contributed by atoms with Crippen molar-refractivity contribution in [1.82, 2.24) is 0 Å². The number of carbonyl (C=O) groups excluding carboxylic acids is 1. The summed E-state index contributed by atoms with van der Waals surface area (Å²) in [6, 6.07) is 0. The van der Waals surface area contributed by atoms with Crippen molar-refractivity contribution in [1.29, 1.82) is 0 Å². The van der Waals surface area contributed by atoms with Gasteiger partial charge >= 0.3 is 0 Å². The average Bonchev–Trinajstić information content (AvgIpc) is 2.18. The van der Waals surface area contributed by atoms with E-state index in [0.717, 1.165) is 0 Å². The highest BCUT2D eigenvalue weighted by molar-refractivity contribution is 8.06. The third-order valence-electron chi connectivity index (χ3n) is 2.40. The second kappa shape index (κ2) is 4.38. The predicted octanol–water partition coefficient (Wildman–Crippen LogP) is 2.65. The second-order valence-electron chi connectivity index (χ2n) is 3.03. The van der Waals surface area contributed by atoms with Gasteiger partial charge in [-0.2, -0.15) is 11.8 Å². The smallest absolute Gasteiger partial charge is 0.207 e. The van der Waals surface area contributed by atoms with Crippen molar-refractivity contribution in [2.75, 3.05) is 12.5 Å². The van der Waals surface area contributed by atoms with Gasteiger partial charge < -0.3 is 0 Å². The standard InChI is InChI=1S/C10H13OS2/c1-10(13-3)8(7-11)5-4-6-9(10)12-2/h4-6,8H,1-3H3. The van der Waals surface area contributed by atoms with Crippen molar-refractivity contribution in [2.45, 2.75) is 11.7 Å². The van der Waals surface area contributed by atoms with Gasteiger partial charge in [0.25, 0.3) is 0 Å². The van der Waals surface area contributed by atoms with Crippen LogP contribution in [0.1, 0.15) is 6.92 Å². The van der Waals surface area contributed by atoms with Crippen LogP contribution >= 0.6 is 23.5 Å². The largest absolute Gasteiger partial charge is 0.290 e. The van der Waals surface area contributed by atoms with Gasteiger partial charge in [0, 0.05) is 4.91 Å². The molecular formula is C10H13OS2. The Morgan fingerprint density at radius 3 is 2.69 bits per heavy atom. The first kappa shape index (κ1) is 10.9. The van der Waals surface area contributed by atoms with Crippen molar-refractivity contribution < 1.29 is 4.79 Å². The molecule has 1 rings (SSSR count). The molecule has 0 aromatic heterocycles. The van der Waals surface area contributed by atoms with Gasteiger partial charge in [-0.1, -0.05) is 18.2 Å². The zero-order valence-corrected chi connectivity index (χ0v) is 9.67. The molecular weight excluding hydrogens is 200 g/mol. The first-order chi connectivity index (χ1) is 6.19. The van der Waals surface area contributed by atoms with Gasteiger partial charge in [-0.05, 0) is 19.4 Å². The minimum atomic E-state index is -0.116. The van der Waals surface area contributed by atoms with Crippen LogP contribution in [0, 0.1) is 5.92 Å². The summed E-state index contributed by atoms with van der Waals surface area (Å²) in [6.45, 7) is 2.10. The number of allylic oxidation sites excluding steroid dienone is 3. The van der Waals surface area contributed by atoms with E-state index in [1.54, 1.807) is 23.5 Å². The van der Waals surface area contributed by atoms with E-state index in [4.69, 9.17) is 0 Å². The van der Waals surface area contributed by atoms with E-state index in [-0.39, 0.29) is 10.7 Å². The lowest BCUT2D eigenvalue weighted by atomic mass is 9.90. The fourth-order valence-corrected chi connectivity index (χ4v) is 3.30. The van der Waals surface area contributed by atoms with E-state index in [1.165, 1.54) is 4.91 Å². The fraction of sp³-hybridized carbons (Fsp3) is 0.500. The van der Waals surface area contributed by atoms with Gasteiger partial charge in [-0.3, -0.25) is 4.79 Å². The van der Waals surface area contributed by atoms with Gasteiger partial charge in [-0.15, -0.1) is 11.8 Å². The lowest BCUT2D eigenvalue weighted by Crippen LogP contribution is -2.33. The van der Waals surface area contributed by atoms with Crippen molar-refractivity contribution in [3.05, 3.63) is 23.1 Å². The van der Waals surface area contributed by atoms with Crippen LogP contribution in [0.3, 0.4) is 0 Å². The van der Waals surface area contributed by atoms with E-state index in [1.807, 2.05) is 24.7 Å². The van der Waals surface area contributed by atoms with Crippen LogP contribution in [0.4, 0.5) is 0 Å². The Balaban J connectivity index is 3.02. The summed E-state index contributed by atoms with van der Waals surface area (Å²) < 4.78 is -0.115. The maximum Gasteiger partial charge on any atom is 0.207 e. The molecule has 0 N–H and O–H groups in total. The molecule has 0 aliphatic heterocycles. The van der Waals surface area contributed by atoms with Gasteiger partial charge in [0.2, 0.25) is 6.29 Å². The van der Waals surface area contributed by atoms with Crippen LogP contribution in [-0.2, 0) is 4.79 Å². The van der Waals surface area contributed by atoms with Crippen molar-refractivity contribution in [3.63, 3.8) is 0 Å². The highest BCUT2D eigenvalue weighted by Crippen LogP contribution is 2.44. The van der Waals surface area contributed by atoms with E-state index in [0.29, 0.717) is 0 Å².